The second-order valence-corrected chi connectivity index (χ2v) is 4.22. The van der Waals surface area contributed by atoms with Crippen LogP contribution in [0.3, 0.4) is 0 Å². The van der Waals surface area contributed by atoms with Crippen LogP contribution in [0.2, 0.25) is 0 Å². The van der Waals surface area contributed by atoms with Gasteiger partial charge in [-0.25, -0.2) is 0 Å². The highest BCUT2D eigenvalue weighted by Crippen LogP contribution is 2.11. The first-order chi connectivity index (χ1) is 7.95. The lowest BCUT2D eigenvalue weighted by molar-refractivity contribution is 0.0913. The number of nitrogens with one attached hydrogen (secondary N) is 1. The minimum atomic E-state index is -0.446. The maximum atomic E-state index is 12.0. The molecule has 1 heterocycles. The number of nitrogens with two attached hydrogens (primary N) is 1. The van der Waals surface area contributed by atoms with Crippen LogP contribution in [0, 0.1) is 0 Å². The van der Waals surface area contributed by atoms with Crippen molar-refractivity contribution in [2.45, 2.75) is 45.9 Å². The van der Waals surface area contributed by atoms with Crippen molar-refractivity contribution in [1.29, 1.82) is 0 Å². The fourth-order valence-electron chi connectivity index (χ4n) is 1.75. The first kappa shape index (κ1) is 13.5. The molecular weight excluding hydrogens is 220 g/mol. The summed E-state index contributed by atoms with van der Waals surface area (Å²) in [5.74, 6) is -0.255. The van der Waals surface area contributed by atoms with Crippen LogP contribution in [0.15, 0.2) is 6.20 Å². The molecule has 0 aliphatic rings. The minimum Gasteiger partial charge on any atom is -0.396 e. The molecule has 1 aromatic heterocycles. The smallest absolute Gasteiger partial charge is 0.271 e. The molecule has 96 valence electrons. The molecule has 1 aromatic rings. The van der Waals surface area contributed by atoms with E-state index < -0.39 is 6.10 Å². The Morgan fingerprint density at radius 3 is 2.82 bits per heavy atom. The Hall–Kier alpha value is -1.56. The number of aliphatic hydroxyl groups excluding tert-OH is 1. The number of carbonyl (C=O) groups excluding carboxylic acids is 1. The van der Waals surface area contributed by atoms with Gasteiger partial charge in [0.15, 0.2) is 0 Å². The average molecular weight is 240 g/mol. The van der Waals surface area contributed by atoms with Crippen molar-refractivity contribution < 1.29 is 9.90 Å². The molecule has 0 spiro atoms. The van der Waals surface area contributed by atoms with Gasteiger partial charge in [0.1, 0.15) is 5.69 Å². The molecule has 0 saturated heterocycles. The summed E-state index contributed by atoms with van der Waals surface area (Å²) in [6.45, 7) is 6.01. The number of rotatable bonds is 5. The molecule has 2 atom stereocenters. The number of nitrogens with zero attached hydrogens (tertiary/aromatic N) is 2. The van der Waals surface area contributed by atoms with Gasteiger partial charge in [0.2, 0.25) is 0 Å². The van der Waals surface area contributed by atoms with Crippen LogP contribution < -0.4 is 11.1 Å². The maximum Gasteiger partial charge on any atom is 0.271 e. The number of hydrogen-bond acceptors (Lipinski definition) is 4. The quantitative estimate of drug-likeness (QED) is 0.693. The Kier molecular flexibility index (Phi) is 4.51. The highest BCUT2D eigenvalue weighted by atomic mass is 16.3. The van der Waals surface area contributed by atoms with Gasteiger partial charge < -0.3 is 16.2 Å². The predicted molar refractivity (Wildman–Crippen MR) is 65.5 cm³/mol. The van der Waals surface area contributed by atoms with Crippen molar-refractivity contribution in [2.24, 2.45) is 0 Å². The molecule has 4 N–H and O–H groups in total. The van der Waals surface area contributed by atoms with E-state index in [1.165, 1.54) is 6.20 Å². The summed E-state index contributed by atoms with van der Waals surface area (Å²) >= 11 is 0. The van der Waals surface area contributed by atoms with E-state index in [1.54, 1.807) is 11.6 Å². The van der Waals surface area contributed by atoms with Gasteiger partial charge in [0.05, 0.1) is 18.0 Å². The Morgan fingerprint density at radius 1 is 1.65 bits per heavy atom. The normalized spacial score (nSPS) is 14.4. The summed E-state index contributed by atoms with van der Waals surface area (Å²) in [6, 6.07) is -0.109. The van der Waals surface area contributed by atoms with Gasteiger partial charge in [-0.3, -0.25) is 9.48 Å². The number of nitrogen functional groups attached to an aromatic ring is 1. The monoisotopic (exact) mass is 240 g/mol. The third kappa shape index (κ3) is 3.45. The summed E-state index contributed by atoms with van der Waals surface area (Å²) in [5, 5.41) is 16.0. The molecule has 0 aliphatic carbocycles. The SMILES string of the molecule is CCn1ncc(N)c1C(=O)NC(C)CC(C)O. The summed E-state index contributed by atoms with van der Waals surface area (Å²) in [4.78, 5) is 12.0. The van der Waals surface area contributed by atoms with Gasteiger partial charge in [-0.1, -0.05) is 0 Å². The van der Waals surface area contributed by atoms with Gasteiger partial charge in [0.25, 0.3) is 5.91 Å². The number of carbonyl (C=O) groups is 1. The molecule has 1 amide bonds. The lowest BCUT2D eigenvalue weighted by Gasteiger charge is -2.16. The molecule has 0 fully saturated rings. The number of hydrogen-bond donors (Lipinski definition) is 3. The lowest BCUT2D eigenvalue weighted by Crippen LogP contribution is -2.36. The Bertz CT molecular complexity index is 387. The molecule has 17 heavy (non-hydrogen) atoms. The summed E-state index contributed by atoms with van der Waals surface area (Å²) in [6.07, 6.45) is 1.53. The van der Waals surface area contributed by atoms with E-state index in [0.29, 0.717) is 24.3 Å². The zero-order valence-corrected chi connectivity index (χ0v) is 10.5. The second kappa shape index (κ2) is 5.67. The molecular formula is C11H20N4O2. The van der Waals surface area contributed by atoms with E-state index in [9.17, 15) is 9.90 Å². The van der Waals surface area contributed by atoms with Crippen LogP contribution in [0.4, 0.5) is 5.69 Å². The van der Waals surface area contributed by atoms with E-state index in [1.807, 2.05) is 13.8 Å². The number of aryl methyl sites for hydroxylation is 1. The maximum absolute atomic E-state index is 12.0. The molecule has 6 heteroatoms. The van der Waals surface area contributed by atoms with Gasteiger partial charge in [0, 0.05) is 12.6 Å². The van der Waals surface area contributed by atoms with E-state index in [0.717, 1.165) is 0 Å². The van der Waals surface area contributed by atoms with Crippen molar-refractivity contribution in [3.63, 3.8) is 0 Å². The topological polar surface area (TPSA) is 93.2 Å². The van der Waals surface area contributed by atoms with Gasteiger partial charge in [-0.15, -0.1) is 0 Å². The number of aromatic nitrogens is 2. The van der Waals surface area contributed by atoms with Crippen LogP contribution >= 0.6 is 0 Å². The van der Waals surface area contributed by atoms with Crippen molar-refractivity contribution >= 4 is 11.6 Å². The van der Waals surface area contributed by atoms with Crippen molar-refractivity contribution in [1.82, 2.24) is 15.1 Å². The average Bonchev–Trinajstić information content (AvgIpc) is 2.57. The third-order valence-electron chi connectivity index (χ3n) is 2.45. The molecule has 6 nitrogen and oxygen atoms in total. The Morgan fingerprint density at radius 2 is 2.29 bits per heavy atom. The van der Waals surface area contributed by atoms with Crippen LogP contribution in [0.5, 0.6) is 0 Å². The van der Waals surface area contributed by atoms with Gasteiger partial charge in [-0.05, 0) is 27.2 Å². The zero-order chi connectivity index (χ0) is 13.0. The fourth-order valence-corrected chi connectivity index (χ4v) is 1.75. The van der Waals surface area contributed by atoms with Crippen LogP contribution in [0.1, 0.15) is 37.7 Å². The minimum absolute atomic E-state index is 0.109. The van der Waals surface area contributed by atoms with Crippen LogP contribution in [-0.4, -0.2) is 32.9 Å². The van der Waals surface area contributed by atoms with Crippen LogP contribution in [0.25, 0.3) is 0 Å². The number of aliphatic hydroxyl groups is 1. The van der Waals surface area contributed by atoms with E-state index in [2.05, 4.69) is 10.4 Å². The molecule has 0 radical (unpaired) electrons. The largest absolute Gasteiger partial charge is 0.396 e. The van der Waals surface area contributed by atoms with Gasteiger partial charge in [-0.2, -0.15) is 5.10 Å². The second-order valence-electron chi connectivity index (χ2n) is 4.22. The van der Waals surface area contributed by atoms with Crippen molar-refractivity contribution in [3.8, 4) is 0 Å². The highest BCUT2D eigenvalue weighted by Gasteiger charge is 2.18. The van der Waals surface area contributed by atoms with E-state index >= 15 is 0 Å². The number of anilines is 1. The standard InChI is InChI=1S/C11H20N4O2/c1-4-15-10(9(12)6-13-15)11(17)14-7(2)5-8(3)16/h6-8,16H,4-5,12H2,1-3H3,(H,14,17). The molecule has 0 aliphatic heterocycles. The molecule has 0 bridgehead atoms. The zero-order valence-electron chi connectivity index (χ0n) is 10.5. The summed E-state index contributed by atoms with van der Waals surface area (Å²) in [5.41, 5.74) is 6.45. The molecule has 1 rings (SSSR count). The number of amides is 1. The highest BCUT2D eigenvalue weighted by molar-refractivity contribution is 5.97. The fraction of sp³-hybridized carbons (Fsp3) is 0.636. The molecule has 0 aromatic carbocycles. The first-order valence-electron chi connectivity index (χ1n) is 5.75. The lowest BCUT2D eigenvalue weighted by atomic mass is 10.1. The Labute approximate surface area is 101 Å². The summed E-state index contributed by atoms with van der Waals surface area (Å²) < 4.78 is 1.56. The van der Waals surface area contributed by atoms with Gasteiger partial charge >= 0.3 is 0 Å². The van der Waals surface area contributed by atoms with E-state index in [4.69, 9.17) is 5.73 Å². The molecule has 0 saturated carbocycles. The first-order valence-corrected chi connectivity index (χ1v) is 5.75. The third-order valence-corrected chi connectivity index (χ3v) is 2.45. The molecule has 2 unspecified atom stereocenters. The summed E-state index contributed by atoms with van der Waals surface area (Å²) in [7, 11) is 0. The van der Waals surface area contributed by atoms with Crippen LogP contribution in [-0.2, 0) is 6.54 Å². The van der Waals surface area contributed by atoms with Crippen molar-refractivity contribution in [2.75, 3.05) is 5.73 Å². The van der Waals surface area contributed by atoms with Crippen molar-refractivity contribution in [3.05, 3.63) is 11.9 Å². The Balaban J connectivity index is 2.72. The van der Waals surface area contributed by atoms with E-state index in [-0.39, 0.29) is 11.9 Å². The predicted octanol–water partition coefficient (Wildman–Crippen LogP) is 0.374.